The van der Waals surface area contributed by atoms with Crippen molar-refractivity contribution in [3.05, 3.63) is 47.6 Å². The smallest absolute Gasteiger partial charge is 0.132 e. The lowest BCUT2D eigenvalue weighted by Gasteiger charge is -2.20. The quantitative estimate of drug-likeness (QED) is 0.764. The number of aromatic nitrogens is 1. The molecule has 0 aliphatic carbocycles. The van der Waals surface area contributed by atoms with Crippen LogP contribution in [0.1, 0.15) is 13.8 Å². The van der Waals surface area contributed by atoms with Gasteiger partial charge in [0.1, 0.15) is 11.0 Å². The maximum Gasteiger partial charge on any atom is 0.132 e. The average molecular weight is 261 g/mol. The van der Waals surface area contributed by atoms with E-state index in [9.17, 15) is 0 Å². The van der Waals surface area contributed by atoms with Gasteiger partial charge in [-0.1, -0.05) is 41.9 Å². The fourth-order valence-electron chi connectivity index (χ4n) is 1.99. The highest BCUT2D eigenvalue weighted by atomic mass is 35.5. The van der Waals surface area contributed by atoms with E-state index in [1.165, 1.54) is 0 Å². The molecule has 0 fully saturated rings. The molecule has 1 heterocycles. The molecule has 0 aliphatic heterocycles. The Kier molecular flexibility index (Phi) is 4.21. The van der Waals surface area contributed by atoms with Gasteiger partial charge in [0.25, 0.3) is 0 Å². The van der Waals surface area contributed by atoms with Gasteiger partial charge < -0.3 is 4.90 Å². The Morgan fingerprint density at radius 1 is 1.00 bits per heavy atom. The highest BCUT2D eigenvalue weighted by Crippen LogP contribution is 2.26. The Hall–Kier alpha value is -1.54. The normalized spacial score (nSPS) is 10.4. The number of benzene rings is 1. The second-order valence-corrected chi connectivity index (χ2v) is 4.46. The van der Waals surface area contributed by atoms with Crippen molar-refractivity contribution in [2.24, 2.45) is 0 Å². The maximum absolute atomic E-state index is 6.12. The summed E-state index contributed by atoms with van der Waals surface area (Å²) in [4.78, 5) is 6.59. The largest absolute Gasteiger partial charge is 0.357 e. The van der Waals surface area contributed by atoms with Crippen molar-refractivity contribution in [1.82, 2.24) is 4.98 Å². The zero-order chi connectivity index (χ0) is 13.0. The number of hydrogen-bond acceptors (Lipinski definition) is 2. The lowest BCUT2D eigenvalue weighted by molar-refractivity contribution is 0.846. The summed E-state index contributed by atoms with van der Waals surface area (Å²) in [6.07, 6.45) is 0. The summed E-state index contributed by atoms with van der Waals surface area (Å²) in [6, 6.07) is 14.2. The van der Waals surface area contributed by atoms with E-state index in [-0.39, 0.29) is 0 Å². The highest BCUT2D eigenvalue weighted by molar-refractivity contribution is 6.29. The van der Waals surface area contributed by atoms with Gasteiger partial charge in [-0.25, -0.2) is 4.98 Å². The van der Waals surface area contributed by atoms with Gasteiger partial charge in [0.2, 0.25) is 0 Å². The first kappa shape index (κ1) is 12.9. The fourth-order valence-corrected chi connectivity index (χ4v) is 2.19. The molecule has 0 N–H and O–H groups in total. The van der Waals surface area contributed by atoms with Gasteiger partial charge in [-0.2, -0.15) is 0 Å². The number of halogens is 1. The van der Waals surface area contributed by atoms with Crippen LogP contribution in [-0.4, -0.2) is 18.1 Å². The van der Waals surface area contributed by atoms with Gasteiger partial charge in [0.15, 0.2) is 0 Å². The Balaban J connectivity index is 2.44. The summed E-state index contributed by atoms with van der Waals surface area (Å²) in [5.74, 6) is 0.936. The average Bonchev–Trinajstić information content (AvgIpc) is 2.40. The minimum absolute atomic E-state index is 0.540. The number of anilines is 1. The molecular weight excluding hydrogens is 244 g/mol. The standard InChI is InChI=1S/C15H17ClN2/c1-3-18(4-2)15-11-13(10-14(16)17-15)12-8-6-5-7-9-12/h5-11H,3-4H2,1-2H3. The molecule has 1 aromatic carbocycles. The molecule has 0 bridgehead atoms. The van der Waals surface area contributed by atoms with Crippen LogP contribution in [-0.2, 0) is 0 Å². The number of nitrogens with zero attached hydrogens (tertiary/aromatic N) is 2. The molecular formula is C15H17ClN2. The molecule has 0 unspecified atom stereocenters. The SMILES string of the molecule is CCN(CC)c1cc(-c2ccccc2)cc(Cl)n1. The van der Waals surface area contributed by atoms with Crippen LogP contribution < -0.4 is 4.90 Å². The lowest BCUT2D eigenvalue weighted by Crippen LogP contribution is -2.22. The second-order valence-electron chi connectivity index (χ2n) is 4.08. The minimum Gasteiger partial charge on any atom is -0.357 e. The summed E-state index contributed by atoms with van der Waals surface area (Å²) in [5.41, 5.74) is 2.27. The van der Waals surface area contributed by atoms with E-state index in [0.717, 1.165) is 30.0 Å². The molecule has 0 amide bonds. The first-order chi connectivity index (χ1) is 8.74. The van der Waals surface area contributed by atoms with Crippen LogP contribution in [0.3, 0.4) is 0 Å². The van der Waals surface area contributed by atoms with Gasteiger partial charge in [-0.3, -0.25) is 0 Å². The Labute approximate surface area is 113 Å². The van der Waals surface area contributed by atoms with Crippen molar-refractivity contribution < 1.29 is 0 Å². The third-order valence-corrected chi connectivity index (χ3v) is 3.17. The van der Waals surface area contributed by atoms with E-state index in [2.05, 4.69) is 41.9 Å². The van der Waals surface area contributed by atoms with Gasteiger partial charge in [-0.15, -0.1) is 0 Å². The second kappa shape index (κ2) is 5.87. The van der Waals surface area contributed by atoms with Crippen LogP contribution in [0.2, 0.25) is 5.15 Å². The molecule has 1 aromatic heterocycles. The summed E-state index contributed by atoms with van der Waals surface area (Å²) in [5, 5.41) is 0.540. The van der Waals surface area contributed by atoms with Crippen LogP contribution in [0.5, 0.6) is 0 Å². The van der Waals surface area contributed by atoms with Crippen LogP contribution in [0.4, 0.5) is 5.82 Å². The molecule has 2 rings (SSSR count). The van der Waals surface area contributed by atoms with Crippen molar-refractivity contribution in [3.63, 3.8) is 0 Å². The first-order valence-electron chi connectivity index (χ1n) is 6.22. The Bertz CT molecular complexity index is 507. The van der Waals surface area contributed by atoms with Crippen molar-refractivity contribution in [1.29, 1.82) is 0 Å². The summed E-state index contributed by atoms with van der Waals surface area (Å²) in [6.45, 7) is 6.10. The molecule has 2 nitrogen and oxygen atoms in total. The van der Waals surface area contributed by atoms with E-state index >= 15 is 0 Å². The van der Waals surface area contributed by atoms with E-state index in [1.54, 1.807) is 0 Å². The maximum atomic E-state index is 6.12. The monoisotopic (exact) mass is 260 g/mol. The van der Waals surface area contributed by atoms with Crippen molar-refractivity contribution in [2.45, 2.75) is 13.8 Å². The van der Waals surface area contributed by atoms with Crippen molar-refractivity contribution in [2.75, 3.05) is 18.0 Å². The summed E-state index contributed by atoms with van der Waals surface area (Å²) >= 11 is 6.12. The molecule has 0 saturated heterocycles. The van der Waals surface area contributed by atoms with Gasteiger partial charge in [-0.05, 0) is 37.1 Å². The highest BCUT2D eigenvalue weighted by Gasteiger charge is 2.07. The minimum atomic E-state index is 0.540. The third-order valence-electron chi connectivity index (χ3n) is 2.98. The van der Waals surface area contributed by atoms with E-state index < -0.39 is 0 Å². The van der Waals surface area contributed by atoms with Crippen LogP contribution >= 0.6 is 11.6 Å². The molecule has 0 spiro atoms. The Morgan fingerprint density at radius 3 is 2.28 bits per heavy atom. The number of pyridine rings is 1. The zero-order valence-electron chi connectivity index (χ0n) is 10.7. The molecule has 0 saturated carbocycles. The zero-order valence-corrected chi connectivity index (χ0v) is 11.5. The van der Waals surface area contributed by atoms with Gasteiger partial charge in [0.05, 0.1) is 0 Å². The molecule has 0 radical (unpaired) electrons. The van der Waals surface area contributed by atoms with E-state index in [0.29, 0.717) is 5.15 Å². The third kappa shape index (κ3) is 2.82. The van der Waals surface area contributed by atoms with Gasteiger partial charge in [0, 0.05) is 13.1 Å². The summed E-state index contributed by atoms with van der Waals surface area (Å²) < 4.78 is 0. The predicted octanol–water partition coefficient (Wildman–Crippen LogP) is 4.25. The van der Waals surface area contributed by atoms with Crippen molar-refractivity contribution >= 4 is 17.4 Å². The molecule has 2 aromatic rings. The topological polar surface area (TPSA) is 16.1 Å². The van der Waals surface area contributed by atoms with Gasteiger partial charge >= 0.3 is 0 Å². The molecule has 3 heteroatoms. The molecule has 18 heavy (non-hydrogen) atoms. The van der Waals surface area contributed by atoms with Crippen LogP contribution in [0.25, 0.3) is 11.1 Å². The van der Waals surface area contributed by atoms with Crippen LogP contribution in [0.15, 0.2) is 42.5 Å². The first-order valence-corrected chi connectivity index (χ1v) is 6.60. The van der Waals surface area contributed by atoms with Crippen molar-refractivity contribution in [3.8, 4) is 11.1 Å². The lowest BCUT2D eigenvalue weighted by atomic mass is 10.1. The van der Waals surface area contributed by atoms with E-state index in [4.69, 9.17) is 11.6 Å². The fraction of sp³-hybridized carbons (Fsp3) is 0.267. The van der Waals surface area contributed by atoms with Crippen LogP contribution in [0, 0.1) is 0 Å². The number of rotatable bonds is 4. The summed E-state index contributed by atoms with van der Waals surface area (Å²) in [7, 11) is 0. The number of hydrogen-bond donors (Lipinski definition) is 0. The molecule has 0 atom stereocenters. The molecule has 0 aliphatic rings. The molecule has 94 valence electrons. The predicted molar refractivity (Wildman–Crippen MR) is 78.2 cm³/mol. The Morgan fingerprint density at radius 2 is 1.67 bits per heavy atom. The van der Waals surface area contributed by atoms with E-state index in [1.807, 2.05) is 24.3 Å².